The van der Waals surface area contributed by atoms with Crippen LogP contribution < -0.4 is 19.3 Å². The van der Waals surface area contributed by atoms with Gasteiger partial charge in [-0.3, -0.25) is 28.9 Å². The van der Waals surface area contributed by atoms with Crippen molar-refractivity contribution in [1.82, 2.24) is 4.90 Å². The fraction of sp³-hybridized carbons (Fsp3) is 0.257. The number of methoxy groups -OCH3 is 2. The van der Waals surface area contributed by atoms with E-state index in [1.165, 1.54) is 49.5 Å². The number of barbiturate groups is 1. The molecule has 3 aromatic carbocycles. The number of carbonyl (C=O) groups is 6. The van der Waals surface area contributed by atoms with E-state index in [9.17, 15) is 28.8 Å². The van der Waals surface area contributed by atoms with Gasteiger partial charge < -0.3 is 23.8 Å². The molecule has 13 nitrogen and oxygen atoms in total. The summed E-state index contributed by atoms with van der Waals surface area (Å²) < 4.78 is 20.4. The predicted octanol–water partition coefficient (Wildman–Crippen LogP) is 3.90. The maximum atomic E-state index is 13.8. The molecule has 0 aromatic heterocycles. The van der Waals surface area contributed by atoms with Gasteiger partial charge >= 0.3 is 18.0 Å². The number of carbonyl (C=O) groups excluding carboxylic acids is 6. The van der Waals surface area contributed by atoms with Crippen molar-refractivity contribution >= 4 is 53.0 Å². The molecule has 0 aliphatic carbocycles. The van der Waals surface area contributed by atoms with Crippen molar-refractivity contribution in [3.8, 4) is 11.5 Å². The summed E-state index contributed by atoms with van der Waals surface area (Å²) in [6.07, 6.45) is 1.31. The quantitative estimate of drug-likeness (QED) is 0.108. The molecule has 48 heavy (non-hydrogen) atoms. The average molecular weight is 658 g/mol. The van der Waals surface area contributed by atoms with Crippen molar-refractivity contribution < 1.29 is 47.7 Å². The zero-order valence-electron chi connectivity index (χ0n) is 27.0. The summed E-state index contributed by atoms with van der Waals surface area (Å²) in [7, 11) is 2.95. The Hall–Kier alpha value is -5.98. The molecule has 1 fully saturated rings. The molecule has 0 N–H and O–H groups in total. The van der Waals surface area contributed by atoms with Crippen LogP contribution in [0.25, 0.3) is 6.08 Å². The number of ketones is 1. The summed E-state index contributed by atoms with van der Waals surface area (Å²) in [5.74, 6) is -2.46. The number of benzene rings is 3. The Labute approximate surface area is 277 Å². The molecular weight excluding hydrogens is 622 g/mol. The van der Waals surface area contributed by atoms with Gasteiger partial charge in [-0.15, -0.1) is 0 Å². The van der Waals surface area contributed by atoms with Gasteiger partial charge in [0.15, 0.2) is 5.78 Å². The fourth-order valence-corrected chi connectivity index (χ4v) is 4.80. The largest absolute Gasteiger partial charge is 0.497 e. The van der Waals surface area contributed by atoms with E-state index >= 15 is 0 Å². The van der Waals surface area contributed by atoms with E-state index in [0.29, 0.717) is 22.7 Å². The van der Waals surface area contributed by atoms with Crippen LogP contribution in [0.1, 0.15) is 29.8 Å². The van der Waals surface area contributed by atoms with Crippen LogP contribution in [0.4, 0.5) is 16.2 Å². The van der Waals surface area contributed by atoms with E-state index < -0.39 is 42.1 Å². The van der Waals surface area contributed by atoms with Crippen molar-refractivity contribution in [2.75, 3.05) is 56.9 Å². The minimum atomic E-state index is -0.988. The van der Waals surface area contributed by atoms with E-state index in [0.717, 1.165) is 9.80 Å². The van der Waals surface area contributed by atoms with Crippen LogP contribution in [0.15, 0.2) is 78.4 Å². The minimum Gasteiger partial charge on any atom is -0.497 e. The van der Waals surface area contributed by atoms with Gasteiger partial charge in [-0.05, 0) is 86.2 Å². The lowest BCUT2D eigenvalue weighted by atomic mass is 10.0. The summed E-state index contributed by atoms with van der Waals surface area (Å²) in [6, 6.07) is 17.6. The zero-order valence-corrected chi connectivity index (χ0v) is 27.0. The first-order valence-corrected chi connectivity index (χ1v) is 15.0. The second kappa shape index (κ2) is 16.0. The van der Waals surface area contributed by atoms with E-state index in [1.54, 1.807) is 62.4 Å². The van der Waals surface area contributed by atoms with Crippen molar-refractivity contribution in [2.24, 2.45) is 0 Å². The third-order valence-corrected chi connectivity index (χ3v) is 7.20. The molecule has 0 spiro atoms. The van der Waals surface area contributed by atoms with Crippen LogP contribution >= 0.6 is 0 Å². The van der Waals surface area contributed by atoms with Crippen LogP contribution in [-0.2, 0) is 28.7 Å². The highest BCUT2D eigenvalue weighted by Crippen LogP contribution is 2.28. The number of hydrogen-bond donors (Lipinski definition) is 0. The van der Waals surface area contributed by atoms with Crippen molar-refractivity contribution in [3.05, 3.63) is 89.5 Å². The van der Waals surface area contributed by atoms with Gasteiger partial charge in [0.2, 0.25) is 0 Å². The van der Waals surface area contributed by atoms with Gasteiger partial charge in [0.1, 0.15) is 30.2 Å². The lowest BCUT2D eigenvalue weighted by Crippen LogP contribution is -2.57. The van der Waals surface area contributed by atoms with Gasteiger partial charge in [-0.1, -0.05) is 12.1 Å². The van der Waals surface area contributed by atoms with E-state index in [4.69, 9.17) is 18.9 Å². The molecule has 0 atom stereocenters. The first kappa shape index (κ1) is 34.9. The van der Waals surface area contributed by atoms with Gasteiger partial charge in [0, 0.05) is 11.3 Å². The van der Waals surface area contributed by atoms with E-state index in [1.807, 2.05) is 0 Å². The first-order chi connectivity index (χ1) is 23.1. The van der Waals surface area contributed by atoms with Gasteiger partial charge in [0.05, 0.1) is 39.7 Å². The standard InChI is InChI=1S/C35H35N3O10/c1-5-47-31(40)21-36(22-32(41)48-6-2)25-11-7-23(8-12-25)19-29-33(42)37(20-30(39)24-9-15-27(45-3)16-10-24)35(44)38(34(29)43)26-13-17-28(46-4)18-14-26/h7-19H,5-6,20-22H2,1-4H3. The highest BCUT2D eigenvalue weighted by atomic mass is 16.5. The third-order valence-electron chi connectivity index (χ3n) is 7.20. The molecule has 3 aromatic rings. The number of rotatable bonds is 14. The molecule has 1 heterocycles. The SMILES string of the molecule is CCOC(=O)CN(CC(=O)OCC)c1ccc(C=C2C(=O)N(CC(=O)c3ccc(OC)cc3)C(=O)N(c3ccc(OC)cc3)C2=O)cc1. The molecule has 1 aliphatic heterocycles. The maximum absolute atomic E-state index is 13.8. The summed E-state index contributed by atoms with van der Waals surface area (Å²) in [4.78, 5) is 81.8. The molecule has 0 bridgehead atoms. The van der Waals surface area contributed by atoms with Crippen LogP contribution in [-0.4, -0.2) is 87.5 Å². The number of Topliss-reactive ketones (excluding diaryl/α,β-unsaturated/α-hetero) is 1. The highest BCUT2D eigenvalue weighted by Gasteiger charge is 2.43. The summed E-state index contributed by atoms with van der Waals surface area (Å²) in [5.41, 5.74) is 0.903. The molecule has 13 heteroatoms. The minimum absolute atomic E-state index is 0.162. The Morgan fingerprint density at radius 1 is 0.708 bits per heavy atom. The Morgan fingerprint density at radius 2 is 1.23 bits per heavy atom. The van der Waals surface area contributed by atoms with Crippen molar-refractivity contribution in [2.45, 2.75) is 13.8 Å². The molecule has 1 saturated heterocycles. The van der Waals surface area contributed by atoms with Crippen LogP contribution in [0.5, 0.6) is 11.5 Å². The monoisotopic (exact) mass is 657 g/mol. The molecule has 1 aliphatic rings. The van der Waals surface area contributed by atoms with Crippen LogP contribution in [0.3, 0.4) is 0 Å². The molecule has 0 unspecified atom stereocenters. The number of imide groups is 2. The Balaban J connectivity index is 1.68. The van der Waals surface area contributed by atoms with Crippen molar-refractivity contribution in [1.29, 1.82) is 0 Å². The third kappa shape index (κ3) is 8.23. The normalized spacial score (nSPS) is 13.8. The number of urea groups is 1. The van der Waals surface area contributed by atoms with Crippen molar-refractivity contribution in [3.63, 3.8) is 0 Å². The molecular formula is C35H35N3O10. The predicted molar refractivity (Wildman–Crippen MR) is 175 cm³/mol. The lowest BCUT2D eigenvalue weighted by molar-refractivity contribution is -0.142. The molecule has 0 saturated carbocycles. The van der Waals surface area contributed by atoms with E-state index in [2.05, 4.69) is 0 Å². The summed E-state index contributed by atoms with van der Waals surface area (Å²) >= 11 is 0. The Morgan fingerprint density at radius 3 is 1.73 bits per heavy atom. The summed E-state index contributed by atoms with van der Waals surface area (Å²) in [6.45, 7) is 2.60. The lowest BCUT2D eigenvalue weighted by Gasteiger charge is -2.33. The number of ether oxygens (including phenoxy) is 4. The topological polar surface area (TPSA) is 149 Å². The van der Waals surface area contributed by atoms with E-state index in [-0.39, 0.29) is 43.1 Å². The zero-order chi connectivity index (χ0) is 34.8. The second-order valence-corrected chi connectivity index (χ2v) is 10.3. The second-order valence-electron chi connectivity index (χ2n) is 10.3. The Kier molecular flexibility index (Phi) is 11.6. The van der Waals surface area contributed by atoms with Gasteiger partial charge in [0.25, 0.3) is 11.8 Å². The molecule has 250 valence electrons. The highest BCUT2D eigenvalue weighted by molar-refractivity contribution is 6.39. The summed E-state index contributed by atoms with van der Waals surface area (Å²) in [5, 5.41) is 0. The number of nitrogens with zero attached hydrogens (tertiary/aromatic N) is 3. The van der Waals surface area contributed by atoms with Gasteiger partial charge in [-0.25, -0.2) is 9.69 Å². The Bertz CT molecular complexity index is 1680. The molecule has 4 rings (SSSR count). The fourth-order valence-electron chi connectivity index (χ4n) is 4.80. The number of esters is 2. The average Bonchev–Trinajstić information content (AvgIpc) is 3.09. The number of amides is 4. The number of hydrogen-bond acceptors (Lipinski definition) is 11. The van der Waals surface area contributed by atoms with Gasteiger partial charge in [-0.2, -0.15) is 0 Å². The van der Waals surface area contributed by atoms with Crippen LogP contribution in [0.2, 0.25) is 0 Å². The maximum Gasteiger partial charge on any atom is 0.339 e. The number of anilines is 2. The first-order valence-electron chi connectivity index (χ1n) is 15.0. The molecule has 0 radical (unpaired) electrons. The molecule has 4 amide bonds. The smallest absolute Gasteiger partial charge is 0.339 e. The van der Waals surface area contributed by atoms with Crippen LogP contribution in [0, 0.1) is 0 Å².